The molecule has 1 heterocycles. The quantitative estimate of drug-likeness (QED) is 0.384. The highest BCUT2D eigenvalue weighted by atomic mass is 16.7. The fraction of sp³-hybridized carbons (Fsp3) is 0.529. The molecule has 0 saturated carbocycles. The van der Waals surface area contributed by atoms with Gasteiger partial charge in [-0.3, -0.25) is 9.59 Å². The second kappa shape index (κ2) is 10.9. The van der Waals surface area contributed by atoms with Gasteiger partial charge >= 0.3 is 0 Å². The predicted octanol–water partition coefficient (Wildman–Crippen LogP) is 1.93. The SMILES string of the molecule is CC(=O)NC[C@@H]1O[C@@H](OCc2ccccc2)[C@@H](NC(C)=O)[C@@H](N=[N+]=[N-])[C@H]1N=[N+]=[N-]. The molecule has 0 radical (unpaired) electrons. The average molecular weight is 402 g/mol. The lowest BCUT2D eigenvalue weighted by Crippen LogP contribution is -2.64. The van der Waals surface area contributed by atoms with Gasteiger partial charge in [0.15, 0.2) is 6.29 Å². The van der Waals surface area contributed by atoms with Gasteiger partial charge in [-0.15, -0.1) is 0 Å². The molecule has 1 aromatic rings. The number of nitrogens with one attached hydrogen (secondary N) is 2. The number of azide groups is 2. The van der Waals surface area contributed by atoms with Crippen molar-refractivity contribution < 1.29 is 19.1 Å². The average Bonchev–Trinajstić information content (AvgIpc) is 2.69. The highest BCUT2D eigenvalue weighted by Gasteiger charge is 2.46. The van der Waals surface area contributed by atoms with Crippen molar-refractivity contribution in [3.05, 3.63) is 56.8 Å². The molecule has 0 unspecified atom stereocenters. The number of carbonyl (C=O) groups is 2. The fourth-order valence-electron chi connectivity index (χ4n) is 3.03. The molecule has 1 aliphatic heterocycles. The summed E-state index contributed by atoms with van der Waals surface area (Å²) in [5, 5.41) is 12.7. The van der Waals surface area contributed by atoms with E-state index in [-0.39, 0.29) is 19.1 Å². The normalized spacial score (nSPS) is 25.8. The highest BCUT2D eigenvalue weighted by molar-refractivity contribution is 5.73. The van der Waals surface area contributed by atoms with Crippen LogP contribution in [0.5, 0.6) is 0 Å². The summed E-state index contributed by atoms with van der Waals surface area (Å²) in [7, 11) is 0. The van der Waals surface area contributed by atoms with E-state index in [1.54, 1.807) is 0 Å². The van der Waals surface area contributed by atoms with Crippen molar-refractivity contribution >= 4 is 11.8 Å². The van der Waals surface area contributed by atoms with Crippen molar-refractivity contribution in [3.63, 3.8) is 0 Å². The van der Waals surface area contributed by atoms with Crippen LogP contribution < -0.4 is 10.6 Å². The zero-order valence-corrected chi connectivity index (χ0v) is 16.0. The van der Waals surface area contributed by atoms with Crippen LogP contribution in [0.25, 0.3) is 20.9 Å². The molecule has 29 heavy (non-hydrogen) atoms. The molecule has 2 rings (SSSR count). The minimum absolute atomic E-state index is 0.00839. The lowest BCUT2D eigenvalue weighted by Gasteiger charge is -2.43. The van der Waals surface area contributed by atoms with E-state index in [4.69, 9.17) is 20.5 Å². The van der Waals surface area contributed by atoms with Gasteiger partial charge in [-0.05, 0) is 16.6 Å². The smallest absolute Gasteiger partial charge is 0.217 e. The number of hydrogen-bond acceptors (Lipinski definition) is 6. The molecule has 12 nitrogen and oxygen atoms in total. The van der Waals surface area contributed by atoms with Crippen LogP contribution in [0, 0.1) is 0 Å². The molecule has 0 aliphatic carbocycles. The fourth-order valence-corrected chi connectivity index (χ4v) is 3.03. The van der Waals surface area contributed by atoms with Crippen LogP contribution in [-0.4, -0.2) is 48.9 Å². The first-order chi connectivity index (χ1) is 14.0. The minimum Gasteiger partial charge on any atom is -0.354 e. The van der Waals surface area contributed by atoms with E-state index >= 15 is 0 Å². The molecule has 2 N–H and O–H groups in total. The van der Waals surface area contributed by atoms with Gasteiger partial charge in [0.05, 0.1) is 30.8 Å². The third kappa shape index (κ3) is 6.37. The van der Waals surface area contributed by atoms with Crippen molar-refractivity contribution in [1.82, 2.24) is 10.6 Å². The van der Waals surface area contributed by atoms with Crippen molar-refractivity contribution in [1.29, 1.82) is 0 Å². The van der Waals surface area contributed by atoms with E-state index in [1.807, 2.05) is 30.3 Å². The molecule has 0 aromatic heterocycles. The first kappa shape index (κ1) is 22.0. The molecule has 12 heteroatoms. The molecule has 2 amide bonds. The van der Waals surface area contributed by atoms with Gasteiger partial charge in [-0.1, -0.05) is 40.6 Å². The molecule has 1 fully saturated rings. The second-order valence-electron chi connectivity index (χ2n) is 6.39. The molecule has 0 spiro atoms. The van der Waals surface area contributed by atoms with Crippen LogP contribution in [0.4, 0.5) is 0 Å². The van der Waals surface area contributed by atoms with Gasteiger partial charge < -0.3 is 20.1 Å². The van der Waals surface area contributed by atoms with Crippen LogP contribution in [0.3, 0.4) is 0 Å². The Labute approximate surface area is 166 Å². The van der Waals surface area contributed by atoms with Crippen molar-refractivity contribution in [3.8, 4) is 0 Å². The monoisotopic (exact) mass is 402 g/mol. The van der Waals surface area contributed by atoms with E-state index in [2.05, 4.69) is 30.7 Å². The molecular formula is C17H22N8O4. The summed E-state index contributed by atoms with van der Waals surface area (Å²) < 4.78 is 11.8. The van der Waals surface area contributed by atoms with Crippen LogP contribution in [-0.2, 0) is 25.7 Å². The third-order valence-electron chi connectivity index (χ3n) is 4.25. The van der Waals surface area contributed by atoms with Crippen LogP contribution in [0.1, 0.15) is 19.4 Å². The lowest BCUT2D eigenvalue weighted by atomic mass is 9.92. The maximum atomic E-state index is 11.7. The largest absolute Gasteiger partial charge is 0.354 e. The van der Waals surface area contributed by atoms with E-state index in [0.717, 1.165) is 5.56 Å². The van der Waals surface area contributed by atoms with Crippen LogP contribution >= 0.6 is 0 Å². The summed E-state index contributed by atoms with van der Waals surface area (Å²) in [5.41, 5.74) is 18.8. The summed E-state index contributed by atoms with van der Waals surface area (Å²) in [5.74, 6) is -0.704. The molecule has 154 valence electrons. The number of ether oxygens (including phenoxy) is 2. The number of rotatable bonds is 8. The summed E-state index contributed by atoms with van der Waals surface area (Å²) in [6, 6.07) is 6.46. The van der Waals surface area contributed by atoms with Gasteiger partial charge in [0.25, 0.3) is 0 Å². The predicted molar refractivity (Wildman–Crippen MR) is 102 cm³/mol. The van der Waals surface area contributed by atoms with Gasteiger partial charge in [0.1, 0.15) is 0 Å². The van der Waals surface area contributed by atoms with Gasteiger partial charge in [0, 0.05) is 30.2 Å². The molecule has 1 aromatic carbocycles. The summed E-state index contributed by atoms with van der Waals surface area (Å²) in [6.45, 7) is 2.81. The Morgan fingerprint density at radius 3 is 2.34 bits per heavy atom. The van der Waals surface area contributed by atoms with E-state index in [9.17, 15) is 9.59 Å². The number of amides is 2. The number of carbonyl (C=O) groups excluding carboxylic acids is 2. The zero-order valence-electron chi connectivity index (χ0n) is 16.0. The topological polar surface area (TPSA) is 174 Å². The van der Waals surface area contributed by atoms with E-state index < -0.39 is 36.4 Å². The molecule has 1 aliphatic rings. The summed E-state index contributed by atoms with van der Waals surface area (Å²) in [6.07, 6.45) is -1.82. The molecule has 5 atom stereocenters. The second-order valence-corrected chi connectivity index (χ2v) is 6.39. The van der Waals surface area contributed by atoms with Crippen molar-refractivity contribution in [2.45, 2.75) is 51.0 Å². The van der Waals surface area contributed by atoms with E-state index in [0.29, 0.717) is 0 Å². The van der Waals surface area contributed by atoms with Crippen LogP contribution in [0.2, 0.25) is 0 Å². The Hall–Kier alpha value is -3.30. The molecule has 1 saturated heterocycles. The van der Waals surface area contributed by atoms with Crippen molar-refractivity contribution in [2.24, 2.45) is 10.2 Å². The van der Waals surface area contributed by atoms with E-state index in [1.165, 1.54) is 13.8 Å². The number of hydrogen-bond donors (Lipinski definition) is 2. The van der Waals surface area contributed by atoms with Crippen molar-refractivity contribution in [2.75, 3.05) is 6.54 Å². The number of nitrogens with zero attached hydrogens (tertiary/aromatic N) is 6. The summed E-state index contributed by atoms with van der Waals surface area (Å²) in [4.78, 5) is 28.7. The molecule has 0 bridgehead atoms. The zero-order chi connectivity index (χ0) is 21.2. The lowest BCUT2D eigenvalue weighted by molar-refractivity contribution is -0.220. The highest BCUT2D eigenvalue weighted by Crippen LogP contribution is 2.28. The minimum atomic E-state index is -1.00. The first-order valence-electron chi connectivity index (χ1n) is 8.87. The Bertz CT molecular complexity index is 807. The Balaban J connectivity index is 2.32. The Morgan fingerprint density at radius 1 is 1.10 bits per heavy atom. The first-order valence-corrected chi connectivity index (χ1v) is 8.87. The summed E-state index contributed by atoms with van der Waals surface area (Å²) >= 11 is 0. The molecular weight excluding hydrogens is 380 g/mol. The number of benzene rings is 1. The standard InChI is InChI=1S/C17H22N8O4/c1-10(26)20-8-13-14(22-24-18)15(23-25-19)16(21-11(2)27)17(29-13)28-9-12-6-4-3-5-7-12/h3-7,13-17H,8-9H2,1-2H3,(H,20,26)(H,21,27)/t13-,14-,15-,16-,17+/m0/s1. The third-order valence-corrected chi connectivity index (χ3v) is 4.25. The van der Waals surface area contributed by atoms with Gasteiger partial charge in [0.2, 0.25) is 11.8 Å². The van der Waals surface area contributed by atoms with Gasteiger partial charge in [-0.25, -0.2) is 0 Å². The maximum Gasteiger partial charge on any atom is 0.217 e. The Kier molecular flexibility index (Phi) is 8.26. The Morgan fingerprint density at radius 2 is 1.76 bits per heavy atom. The van der Waals surface area contributed by atoms with Gasteiger partial charge in [-0.2, -0.15) is 0 Å². The maximum absolute atomic E-state index is 11.7. The van der Waals surface area contributed by atoms with Crippen LogP contribution in [0.15, 0.2) is 40.6 Å².